The van der Waals surface area contributed by atoms with E-state index in [1.54, 1.807) is 0 Å². The summed E-state index contributed by atoms with van der Waals surface area (Å²) < 4.78 is 40.4. The van der Waals surface area contributed by atoms with Gasteiger partial charge in [0.2, 0.25) is 0 Å². The van der Waals surface area contributed by atoms with Gasteiger partial charge in [0.15, 0.2) is 5.69 Å². The van der Waals surface area contributed by atoms with Crippen LogP contribution in [0.1, 0.15) is 50.1 Å². The lowest BCUT2D eigenvalue weighted by Crippen LogP contribution is -2.16. The quantitative estimate of drug-likeness (QED) is 0.753. The molecule has 134 valence electrons. The van der Waals surface area contributed by atoms with Crippen molar-refractivity contribution in [2.45, 2.75) is 45.3 Å². The van der Waals surface area contributed by atoms with Gasteiger partial charge < -0.3 is 5.32 Å². The zero-order chi connectivity index (χ0) is 18.4. The fourth-order valence-electron chi connectivity index (χ4n) is 2.17. The third-order valence-electron chi connectivity index (χ3n) is 3.57. The van der Waals surface area contributed by atoms with Gasteiger partial charge in [-0.3, -0.25) is 0 Å². The van der Waals surface area contributed by atoms with Crippen molar-refractivity contribution in [1.82, 2.24) is 24.6 Å². The second-order valence-corrected chi connectivity index (χ2v) is 7.57. The highest BCUT2D eigenvalue weighted by atomic mass is 32.1. The Bertz CT molecular complexity index is 893. The van der Waals surface area contributed by atoms with Gasteiger partial charge in [-0.25, -0.2) is 9.97 Å². The molecule has 25 heavy (non-hydrogen) atoms. The summed E-state index contributed by atoms with van der Waals surface area (Å²) >= 11 is 1.46. The maximum atomic E-state index is 13.0. The number of aromatic nitrogens is 5. The molecule has 6 nitrogen and oxygen atoms in total. The molecule has 0 saturated heterocycles. The van der Waals surface area contributed by atoms with Crippen molar-refractivity contribution in [3.8, 4) is 0 Å². The van der Waals surface area contributed by atoms with Crippen LogP contribution in [0.2, 0.25) is 0 Å². The van der Waals surface area contributed by atoms with Gasteiger partial charge in [-0.15, -0.1) is 11.3 Å². The Kier molecular flexibility index (Phi) is 4.18. The number of halogens is 3. The van der Waals surface area contributed by atoms with Crippen LogP contribution in [-0.2, 0) is 11.6 Å². The van der Waals surface area contributed by atoms with Gasteiger partial charge in [0, 0.05) is 16.9 Å². The average Bonchev–Trinajstić information content (AvgIpc) is 3.14. The lowest BCUT2D eigenvalue weighted by molar-refractivity contribution is -0.141. The number of nitrogens with zero attached hydrogens (tertiary/aromatic N) is 5. The first-order valence-electron chi connectivity index (χ1n) is 7.56. The molecule has 3 heterocycles. The SMILES string of the molecule is CC(Nc1cc(C(F)(F)F)nc2ncnn12)c1nc(C(C)(C)C)cs1. The van der Waals surface area contributed by atoms with Crippen molar-refractivity contribution in [2.75, 3.05) is 5.32 Å². The monoisotopic (exact) mass is 370 g/mol. The Labute approximate surface area is 146 Å². The van der Waals surface area contributed by atoms with Crippen molar-refractivity contribution < 1.29 is 13.2 Å². The summed E-state index contributed by atoms with van der Waals surface area (Å²) in [5, 5.41) is 9.71. The molecule has 3 aromatic rings. The zero-order valence-corrected chi connectivity index (χ0v) is 14.9. The van der Waals surface area contributed by atoms with Crippen LogP contribution in [0.15, 0.2) is 17.8 Å². The molecule has 0 spiro atoms. The van der Waals surface area contributed by atoms with E-state index >= 15 is 0 Å². The first-order valence-corrected chi connectivity index (χ1v) is 8.44. The van der Waals surface area contributed by atoms with Crippen LogP contribution in [-0.4, -0.2) is 24.6 Å². The summed E-state index contributed by atoms with van der Waals surface area (Å²) in [5.74, 6) is 0.0499. The highest BCUT2D eigenvalue weighted by Gasteiger charge is 2.34. The van der Waals surface area contributed by atoms with Crippen molar-refractivity contribution in [1.29, 1.82) is 0 Å². The molecule has 3 aromatic heterocycles. The molecular weight excluding hydrogens is 353 g/mol. The molecule has 0 amide bonds. The summed E-state index contributed by atoms with van der Waals surface area (Å²) in [6.45, 7) is 8.01. The number of fused-ring (bicyclic) bond motifs is 1. The first kappa shape index (κ1) is 17.6. The topological polar surface area (TPSA) is 68.0 Å². The standard InChI is InChI=1S/C15H17F3N6S/c1-8(12-22-10(6-25-12)14(2,3)4)21-11-5-9(15(16,17)18)23-13-19-7-20-24(11)13/h5-8,21H,1-4H3. The number of alkyl halides is 3. The molecule has 10 heteroatoms. The van der Waals surface area contributed by atoms with Crippen LogP contribution in [0.5, 0.6) is 0 Å². The van der Waals surface area contributed by atoms with Crippen LogP contribution in [0.25, 0.3) is 5.78 Å². The Morgan fingerprint density at radius 2 is 1.88 bits per heavy atom. The Morgan fingerprint density at radius 3 is 2.48 bits per heavy atom. The Balaban J connectivity index is 1.94. The highest BCUT2D eigenvalue weighted by molar-refractivity contribution is 7.09. The van der Waals surface area contributed by atoms with E-state index in [1.807, 2.05) is 12.3 Å². The van der Waals surface area contributed by atoms with Crippen LogP contribution in [0, 0.1) is 0 Å². The number of hydrogen-bond donors (Lipinski definition) is 1. The van der Waals surface area contributed by atoms with E-state index in [-0.39, 0.29) is 23.1 Å². The number of rotatable bonds is 3. The number of thiazole rings is 1. The van der Waals surface area contributed by atoms with Gasteiger partial charge in [-0.05, 0) is 6.92 Å². The van der Waals surface area contributed by atoms with Crippen LogP contribution < -0.4 is 5.32 Å². The predicted molar refractivity (Wildman–Crippen MR) is 88.6 cm³/mol. The molecule has 1 unspecified atom stereocenters. The number of anilines is 1. The van der Waals surface area contributed by atoms with Crippen molar-refractivity contribution in [2.24, 2.45) is 0 Å². The van der Waals surface area contributed by atoms with Gasteiger partial charge >= 0.3 is 6.18 Å². The predicted octanol–water partition coefficient (Wildman–Crippen LogP) is 4.07. The lowest BCUT2D eigenvalue weighted by Gasteiger charge is -2.16. The highest BCUT2D eigenvalue weighted by Crippen LogP contribution is 2.32. The molecule has 0 aliphatic rings. The number of nitrogens with one attached hydrogen (secondary N) is 1. The summed E-state index contributed by atoms with van der Waals surface area (Å²) in [5.41, 5.74) is -0.164. The molecule has 0 aliphatic carbocycles. The van der Waals surface area contributed by atoms with Crippen molar-refractivity contribution >= 4 is 22.9 Å². The Hall–Kier alpha value is -2.23. The summed E-state index contributed by atoms with van der Waals surface area (Å²) in [6, 6.07) is 0.633. The fraction of sp³-hybridized carbons (Fsp3) is 0.467. The maximum Gasteiger partial charge on any atom is 0.433 e. The van der Waals surface area contributed by atoms with E-state index in [1.165, 1.54) is 22.2 Å². The van der Waals surface area contributed by atoms with Crippen molar-refractivity contribution in [3.63, 3.8) is 0 Å². The lowest BCUT2D eigenvalue weighted by atomic mass is 9.93. The van der Waals surface area contributed by atoms with Gasteiger partial charge in [0.1, 0.15) is 17.2 Å². The summed E-state index contributed by atoms with van der Waals surface area (Å²) in [7, 11) is 0. The molecule has 0 aliphatic heterocycles. The molecule has 0 saturated carbocycles. The minimum atomic E-state index is -4.56. The second-order valence-electron chi connectivity index (χ2n) is 6.68. The molecule has 1 atom stereocenters. The molecule has 3 rings (SSSR count). The van der Waals surface area contributed by atoms with Crippen LogP contribution in [0.4, 0.5) is 19.0 Å². The molecule has 0 radical (unpaired) electrons. The van der Waals surface area contributed by atoms with E-state index in [4.69, 9.17) is 0 Å². The first-order chi connectivity index (χ1) is 11.6. The normalized spacial score (nSPS) is 14.0. The van der Waals surface area contributed by atoms with Crippen molar-refractivity contribution in [3.05, 3.63) is 34.2 Å². The van der Waals surface area contributed by atoms with Gasteiger partial charge in [0.25, 0.3) is 5.78 Å². The smallest absolute Gasteiger partial charge is 0.361 e. The molecule has 0 fully saturated rings. The van der Waals surface area contributed by atoms with E-state index in [0.717, 1.165) is 16.8 Å². The van der Waals surface area contributed by atoms with E-state index in [2.05, 4.69) is 46.1 Å². The average molecular weight is 370 g/mol. The fourth-order valence-corrected chi connectivity index (χ4v) is 3.23. The third-order valence-corrected chi connectivity index (χ3v) is 4.59. The second kappa shape index (κ2) is 5.94. The Morgan fingerprint density at radius 1 is 1.16 bits per heavy atom. The molecule has 0 bridgehead atoms. The third kappa shape index (κ3) is 3.58. The van der Waals surface area contributed by atoms with Gasteiger partial charge in [-0.1, -0.05) is 20.8 Å². The van der Waals surface area contributed by atoms with Gasteiger partial charge in [-0.2, -0.15) is 27.8 Å². The molecule has 1 N–H and O–H groups in total. The van der Waals surface area contributed by atoms with E-state index in [0.29, 0.717) is 0 Å². The largest absolute Gasteiger partial charge is 0.433 e. The van der Waals surface area contributed by atoms with E-state index in [9.17, 15) is 13.2 Å². The molecular formula is C15H17F3N6S. The van der Waals surface area contributed by atoms with Gasteiger partial charge in [0.05, 0.1) is 11.7 Å². The van der Waals surface area contributed by atoms with Crippen LogP contribution >= 0.6 is 11.3 Å². The summed E-state index contributed by atoms with van der Waals surface area (Å²) in [4.78, 5) is 11.8. The minimum Gasteiger partial charge on any atom is -0.361 e. The molecule has 0 aromatic carbocycles. The minimum absolute atomic E-state index is 0.0895. The van der Waals surface area contributed by atoms with E-state index < -0.39 is 11.9 Å². The van der Waals surface area contributed by atoms with Crippen LogP contribution in [0.3, 0.4) is 0 Å². The zero-order valence-electron chi connectivity index (χ0n) is 14.1. The number of hydrogen-bond acceptors (Lipinski definition) is 6. The summed E-state index contributed by atoms with van der Waals surface area (Å²) in [6.07, 6.45) is -3.40. The maximum absolute atomic E-state index is 13.0.